The highest BCUT2D eigenvalue weighted by atomic mass is 19.1. The van der Waals surface area contributed by atoms with Crippen LogP contribution in [0.5, 0.6) is 0 Å². The topological polar surface area (TPSA) is 12.5 Å². The van der Waals surface area contributed by atoms with E-state index in [-0.39, 0.29) is 5.82 Å². The van der Waals surface area contributed by atoms with E-state index in [2.05, 4.69) is 11.0 Å². The first-order chi connectivity index (χ1) is 6.36. The molecule has 0 spiro atoms. The molecule has 1 heterocycles. The second-order valence-corrected chi connectivity index (χ2v) is 2.99. The van der Waals surface area contributed by atoms with E-state index in [1.807, 2.05) is 6.07 Å². The lowest BCUT2D eigenvalue weighted by Gasteiger charge is -2.28. The van der Waals surface area contributed by atoms with E-state index in [4.69, 9.17) is 4.74 Å². The van der Waals surface area contributed by atoms with E-state index in [1.165, 1.54) is 6.07 Å². The first-order valence-electron chi connectivity index (χ1n) is 4.36. The van der Waals surface area contributed by atoms with Crippen LogP contribution >= 0.6 is 0 Å². The number of ether oxygens (including phenoxy) is 1. The van der Waals surface area contributed by atoms with Crippen LogP contribution in [-0.4, -0.2) is 26.3 Å². The monoisotopic (exact) mass is 180 g/mol. The third kappa shape index (κ3) is 1.98. The maximum atomic E-state index is 12.8. The molecular weight excluding hydrogens is 169 g/mol. The summed E-state index contributed by atoms with van der Waals surface area (Å²) in [5, 5.41) is 0. The van der Waals surface area contributed by atoms with Crippen molar-refractivity contribution in [1.82, 2.24) is 0 Å². The van der Waals surface area contributed by atoms with Gasteiger partial charge in [-0.2, -0.15) is 0 Å². The zero-order chi connectivity index (χ0) is 9.10. The smallest absolute Gasteiger partial charge is 0.133 e. The molecule has 1 aliphatic heterocycles. The van der Waals surface area contributed by atoms with Crippen molar-refractivity contribution in [3.05, 3.63) is 30.1 Å². The maximum absolute atomic E-state index is 12.8. The van der Waals surface area contributed by atoms with Gasteiger partial charge < -0.3 is 9.64 Å². The van der Waals surface area contributed by atoms with Crippen LogP contribution in [-0.2, 0) is 4.74 Å². The van der Waals surface area contributed by atoms with Gasteiger partial charge in [0.15, 0.2) is 0 Å². The molecule has 1 radical (unpaired) electrons. The molecule has 2 nitrogen and oxygen atoms in total. The second kappa shape index (κ2) is 3.75. The Hall–Kier alpha value is -1.09. The first-order valence-corrected chi connectivity index (χ1v) is 4.36. The summed E-state index contributed by atoms with van der Waals surface area (Å²) in [5.74, 6) is -0.302. The van der Waals surface area contributed by atoms with Crippen LogP contribution in [0.25, 0.3) is 0 Å². The van der Waals surface area contributed by atoms with E-state index in [0.717, 1.165) is 32.0 Å². The number of hydrogen-bond donors (Lipinski definition) is 0. The van der Waals surface area contributed by atoms with Crippen LogP contribution in [0.4, 0.5) is 10.1 Å². The lowest BCUT2D eigenvalue weighted by Crippen LogP contribution is -2.36. The number of morpholine rings is 1. The zero-order valence-corrected chi connectivity index (χ0v) is 7.29. The predicted molar refractivity (Wildman–Crippen MR) is 48.3 cm³/mol. The van der Waals surface area contributed by atoms with Crippen LogP contribution < -0.4 is 4.90 Å². The molecule has 0 saturated carbocycles. The Morgan fingerprint density at radius 2 is 2.15 bits per heavy atom. The van der Waals surface area contributed by atoms with Crippen molar-refractivity contribution < 1.29 is 9.13 Å². The zero-order valence-electron chi connectivity index (χ0n) is 7.29. The largest absolute Gasteiger partial charge is 0.378 e. The Balaban J connectivity index is 2.14. The number of halogens is 1. The molecule has 0 N–H and O–H groups in total. The highest BCUT2D eigenvalue weighted by Gasteiger charge is 2.10. The van der Waals surface area contributed by atoms with Gasteiger partial charge in [-0.15, -0.1) is 0 Å². The van der Waals surface area contributed by atoms with Gasteiger partial charge in [0.1, 0.15) is 5.82 Å². The predicted octanol–water partition coefficient (Wildman–Crippen LogP) is 1.46. The van der Waals surface area contributed by atoms with Crippen LogP contribution in [0.3, 0.4) is 0 Å². The van der Waals surface area contributed by atoms with E-state index in [9.17, 15) is 4.39 Å². The molecule has 0 aliphatic carbocycles. The van der Waals surface area contributed by atoms with Crippen molar-refractivity contribution in [2.24, 2.45) is 0 Å². The molecule has 1 aromatic rings. The second-order valence-electron chi connectivity index (χ2n) is 2.99. The molecule has 1 fully saturated rings. The van der Waals surface area contributed by atoms with Gasteiger partial charge in [-0.1, -0.05) is 0 Å². The van der Waals surface area contributed by atoms with Gasteiger partial charge in [-0.05, 0) is 18.2 Å². The van der Waals surface area contributed by atoms with E-state index >= 15 is 0 Å². The third-order valence-electron chi connectivity index (χ3n) is 2.13. The fourth-order valence-electron chi connectivity index (χ4n) is 1.44. The molecule has 69 valence electrons. The van der Waals surface area contributed by atoms with Crippen LogP contribution in [0.15, 0.2) is 18.2 Å². The summed E-state index contributed by atoms with van der Waals surface area (Å²) < 4.78 is 18.0. The minimum atomic E-state index is -0.302. The van der Waals surface area contributed by atoms with Gasteiger partial charge in [0, 0.05) is 24.8 Å². The summed E-state index contributed by atoms with van der Waals surface area (Å²) in [6, 6.07) is 7.47. The fourth-order valence-corrected chi connectivity index (χ4v) is 1.44. The minimum absolute atomic E-state index is 0.302. The van der Waals surface area contributed by atoms with Crippen LogP contribution in [0.2, 0.25) is 0 Å². The molecule has 1 saturated heterocycles. The molecule has 13 heavy (non-hydrogen) atoms. The van der Waals surface area contributed by atoms with Gasteiger partial charge >= 0.3 is 0 Å². The molecule has 0 atom stereocenters. The van der Waals surface area contributed by atoms with E-state index < -0.39 is 0 Å². The molecule has 1 aliphatic rings. The third-order valence-corrected chi connectivity index (χ3v) is 2.13. The van der Waals surface area contributed by atoms with E-state index in [0.29, 0.717) is 0 Å². The maximum Gasteiger partial charge on any atom is 0.133 e. The number of nitrogens with zero attached hydrogens (tertiary/aromatic N) is 1. The summed E-state index contributed by atoms with van der Waals surface area (Å²) in [6.07, 6.45) is 0. The Kier molecular flexibility index (Phi) is 2.45. The van der Waals surface area contributed by atoms with Crippen molar-refractivity contribution in [3.63, 3.8) is 0 Å². The van der Waals surface area contributed by atoms with Gasteiger partial charge in [-0.25, -0.2) is 4.39 Å². The van der Waals surface area contributed by atoms with Gasteiger partial charge in [0.2, 0.25) is 0 Å². The molecule has 2 rings (SSSR count). The summed E-state index contributed by atoms with van der Waals surface area (Å²) in [6.45, 7) is 3.12. The van der Waals surface area contributed by atoms with Gasteiger partial charge in [-0.3, -0.25) is 0 Å². The Morgan fingerprint density at radius 3 is 2.85 bits per heavy atom. The lowest BCUT2D eigenvalue weighted by molar-refractivity contribution is 0.122. The summed E-state index contributed by atoms with van der Waals surface area (Å²) in [5.41, 5.74) is 0.916. The number of benzene rings is 1. The highest BCUT2D eigenvalue weighted by molar-refractivity contribution is 5.46. The van der Waals surface area contributed by atoms with Crippen LogP contribution in [0.1, 0.15) is 0 Å². The van der Waals surface area contributed by atoms with Crippen LogP contribution in [0, 0.1) is 11.9 Å². The summed E-state index contributed by atoms with van der Waals surface area (Å²) in [7, 11) is 0. The minimum Gasteiger partial charge on any atom is -0.378 e. The lowest BCUT2D eigenvalue weighted by atomic mass is 10.2. The molecular formula is C10H11FNO. The first kappa shape index (κ1) is 8.51. The summed E-state index contributed by atoms with van der Waals surface area (Å²) >= 11 is 0. The average molecular weight is 180 g/mol. The average Bonchev–Trinajstić information content (AvgIpc) is 2.19. The number of anilines is 1. The normalized spacial score (nSPS) is 17.5. The Bertz CT molecular complexity index is 284. The van der Waals surface area contributed by atoms with Gasteiger partial charge in [0.05, 0.1) is 13.2 Å². The molecule has 0 bridgehead atoms. The standard InChI is InChI=1S/C10H11FNO/c11-9-2-1-3-10(8-9)12-4-6-13-7-5-12/h1,3,8H,4-7H2. The van der Waals surface area contributed by atoms with Crippen molar-refractivity contribution in [2.45, 2.75) is 0 Å². The Labute approximate surface area is 76.9 Å². The van der Waals surface area contributed by atoms with Crippen molar-refractivity contribution in [1.29, 1.82) is 0 Å². The molecule has 1 aromatic carbocycles. The number of rotatable bonds is 1. The molecule has 0 unspecified atom stereocenters. The SMILES string of the molecule is Fc1[c]ccc(N2CCOCC2)c1. The quantitative estimate of drug-likeness (QED) is 0.648. The molecule has 0 aromatic heterocycles. The Morgan fingerprint density at radius 1 is 1.38 bits per heavy atom. The summed E-state index contributed by atoms with van der Waals surface area (Å²) in [4.78, 5) is 2.11. The van der Waals surface area contributed by atoms with E-state index in [1.54, 1.807) is 6.07 Å². The highest BCUT2D eigenvalue weighted by Crippen LogP contribution is 2.15. The van der Waals surface area contributed by atoms with Crippen molar-refractivity contribution in [2.75, 3.05) is 31.2 Å². The molecule has 0 amide bonds. The van der Waals surface area contributed by atoms with Crippen molar-refractivity contribution in [3.8, 4) is 0 Å². The van der Waals surface area contributed by atoms with Gasteiger partial charge in [0.25, 0.3) is 0 Å². The molecule has 3 heteroatoms. The fraction of sp³-hybridized carbons (Fsp3) is 0.400. The number of hydrogen-bond acceptors (Lipinski definition) is 2. The van der Waals surface area contributed by atoms with Crippen molar-refractivity contribution >= 4 is 5.69 Å².